The van der Waals surface area contributed by atoms with Gasteiger partial charge in [0.05, 0.1) is 12.3 Å². The number of aromatic nitrogens is 2. The summed E-state index contributed by atoms with van der Waals surface area (Å²) >= 11 is 0. The highest BCUT2D eigenvalue weighted by molar-refractivity contribution is 5.95. The van der Waals surface area contributed by atoms with Crippen LogP contribution in [0.3, 0.4) is 0 Å². The molecule has 2 aromatic carbocycles. The number of fused-ring (bicyclic) bond motifs is 2. The first-order chi connectivity index (χ1) is 19.1. The van der Waals surface area contributed by atoms with Gasteiger partial charge in [0.1, 0.15) is 5.75 Å². The zero-order chi connectivity index (χ0) is 27.0. The topological polar surface area (TPSA) is 56.1 Å². The zero-order valence-electron chi connectivity index (χ0n) is 22.4. The molecule has 3 aromatic heterocycles. The minimum absolute atomic E-state index is 0.317. The second-order valence-corrected chi connectivity index (χ2v) is 9.52. The molecule has 0 saturated carbocycles. The van der Waals surface area contributed by atoms with Gasteiger partial charge in [-0.1, -0.05) is 42.5 Å². The Bertz CT molecular complexity index is 1660. The Labute approximate surface area is 228 Å². The lowest BCUT2D eigenvalue weighted by Crippen LogP contribution is -2.33. The van der Waals surface area contributed by atoms with Gasteiger partial charge in [-0.2, -0.15) is 0 Å². The number of cyclic esters (lactones) is 1. The highest BCUT2D eigenvalue weighted by Gasteiger charge is 2.53. The minimum Gasteiger partial charge on any atom is -0.493 e. The molecule has 0 radical (unpaired) electrons. The van der Waals surface area contributed by atoms with Gasteiger partial charge in [-0.15, -0.1) is 0 Å². The van der Waals surface area contributed by atoms with E-state index < -0.39 is 11.6 Å². The molecular formula is C33H31N3O3. The monoisotopic (exact) mass is 517 g/mol. The van der Waals surface area contributed by atoms with Crippen molar-refractivity contribution in [3.63, 3.8) is 0 Å². The Morgan fingerprint density at radius 2 is 1.69 bits per heavy atom. The predicted molar refractivity (Wildman–Crippen MR) is 154 cm³/mol. The minimum atomic E-state index is -1.29. The number of hydrogen-bond acceptors (Lipinski definition) is 5. The van der Waals surface area contributed by atoms with E-state index >= 15 is 0 Å². The summed E-state index contributed by atoms with van der Waals surface area (Å²) in [5.74, 6) is 0.224. The summed E-state index contributed by atoms with van der Waals surface area (Å²) in [5.41, 5.74) is 5.39. The van der Waals surface area contributed by atoms with Crippen LogP contribution in [-0.4, -0.2) is 35.1 Å². The van der Waals surface area contributed by atoms with Crippen molar-refractivity contribution in [3.05, 3.63) is 120 Å². The van der Waals surface area contributed by atoms with E-state index in [-0.39, 0.29) is 0 Å². The summed E-state index contributed by atoms with van der Waals surface area (Å²) in [6.45, 7) is 8.46. The third kappa shape index (κ3) is 3.86. The number of esters is 1. The van der Waals surface area contributed by atoms with Crippen LogP contribution in [0.25, 0.3) is 16.6 Å². The molecule has 1 aliphatic rings. The summed E-state index contributed by atoms with van der Waals surface area (Å²) < 4.78 is 15.0. The summed E-state index contributed by atoms with van der Waals surface area (Å²) in [5, 5.41) is 0. The number of hydrogen-bond donors (Lipinski definition) is 0. The van der Waals surface area contributed by atoms with Gasteiger partial charge < -0.3 is 18.8 Å². The molecule has 1 aliphatic heterocycles. The third-order valence-corrected chi connectivity index (χ3v) is 7.50. The van der Waals surface area contributed by atoms with E-state index in [1.165, 1.54) is 0 Å². The lowest BCUT2D eigenvalue weighted by atomic mass is 9.80. The maximum absolute atomic E-state index is 13.5. The molecule has 1 unspecified atom stereocenters. The number of ether oxygens (including phenoxy) is 2. The lowest BCUT2D eigenvalue weighted by molar-refractivity contribution is 0.0228. The third-order valence-electron chi connectivity index (χ3n) is 7.50. The van der Waals surface area contributed by atoms with E-state index in [2.05, 4.69) is 64.5 Å². The van der Waals surface area contributed by atoms with Crippen molar-refractivity contribution in [3.8, 4) is 16.9 Å². The summed E-state index contributed by atoms with van der Waals surface area (Å²) in [6, 6.07) is 28.4. The molecule has 6 rings (SSSR count). The van der Waals surface area contributed by atoms with E-state index in [0.29, 0.717) is 23.6 Å². The molecule has 0 bridgehead atoms. The van der Waals surface area contributed by atoms with Crippen molar-refractivity contribution < 1.29 is 14.3 Å². The first-order valence-corrected chi connectivity index (χ1v) is 13.5. The number of carbonyl (C=O) groups is 1. The van der Waals surface area contributed by atoms with Crippen molar-refractivity contribution in [2.45, 2.75) is 26.4 Å². The van der Waals surface area contributed by atoms with Gasteiger partial charge in [-0.05, 0) is 62.7 Å². The molecule has 6 nitrogen and oxygen atoms in total. The van der Waals surface area contributed by atoms with E-state index in [4.69, 9.17) is 9.47 Å². The first kappa shape index (κ1) is 24.7. The van der Waals surface area contributed by atoms with Crippen LogP contribution in [0.2, 0.25) is 0 Å². The molecular weight excluding hydrogens is 486 g/mol. The van der Waals surface area contributed by atoms with E-state index in [9.17, 15) is 4.79 Å². The maximum Gasteiger partial charge on any atom is 0.359 e. The number of anilines is 1. The maximum atomic E-state index is 13.5. The Morgan fingerprint density at radius 1 is 0.897 bits per heavy atom. The number of pyridine rings is 2. The van der Waals surface area contributed by atoms with Crippen LogP contribution in [-0.2, 0) is 10.3 Å². The average molecular weight is 518 g/mol. The first-order valence-electron chi connectivity index (χ1n) is 13.5. The molecule has 5 aromatic rings. The Balaban J connectivity index is 1.74. The van der Waals surface area contributed by atoms with Crippen molar-refractivity contribution in [2.24, 2.45) is 0 Å². The summed E-state index contributed by atoms with van der Waals surface area (Å²) in [7, 11) is 0. The van der Waals surface area contributed by atoms with Gasteiger partial charge in [0.15, 0.2) is 5.69 Å². The fraction of sp³-hybridized carbons (Fsp3) is 0.212. The van der Waals surface area contributed by atoms with Gasteiger partial charge in [0.25, 0.3) is 0 Å². The normalized spacial score (nSPS) is 16.2. The zero-order valence-corrected chi connectivity index (χ0v) is 22.4. The van der Waals surface area contributed by atoms with E-state index in [1.54, 1.807) is 6.20 Å². The van der Waals surface area contributed by atoms with Gasteiger partial charge >= 0.3 is 5.97 Å². The molecule has 0 amide bonds. The second kappa shape index (κ2) is 9.95. The summed E-state index contributed by atoms with van der Waals surface area (Å²) in [6.07, 6.45) is 3.66. The summed E-state index contributed by atoms with van der Waals surface area (Å²) in [4.78, 5) is 20.3. The predicted octanol–water partition coefficient (Wildman–Crippen LogP) is 6.71. The molecule has 0 N–H and O–H groups in total. The van der Waals surface area contributed by atoms with Gasteiger partial charge in [0, 0.05) is 59.4 Å². The SMILES string of the molecule is CCOc1cc(N(CC)CC)ccc1C1(c2c(-c3ccccc3)cc3ccccn23)OC(=O)c2ncccc21. The fourth-order valence-corrected chi connectivity index (χ4v) is 5.78. The standard InChI is InChI=1S/C33H31N3O3/c1-4-35(5-2)24-17-18-27(29(22-24)38-6-3)33(28-16-12-19-34-30(28)32(37)39-33)31-26(23-13-8-7-9-14-23)21-25-15-10-11-20-36(25)31/h7-22H,4-6H2,1-3H3. The molecule has 196 valence electrons. The Hall–Kier alpha value is -4.58. The van der Waals surface area contributed by atoms with Crippen LogP contribution in [0.1, 0.15) is 48.1 Å². The van der Waals surface area contributed by atoms with Gasteiger partial charge in [-0.3, -0.25) is 0 Å². The van der Waals surface area contributed by atoms with Gasteiger partial charge in [-0.25, -0.2) is 9.78 Å². The average Bonchev–Trinajstić information content (AvgIpc) is 3.51. The Morgan fingerprint density at radius 3 is 2.46 bits per heavy atom. The second-order valence-electron chi connectivity index (χ2n) is 9.52. The van der Waals surface area contributed by atoms with Crippen LogP contribution in [0.15, 0.2) is 97.3 Å². The van der Waals surface area contributed by atoms with Crippen LogP contribution in [0.4, 0.5) is 5.69 Å². The molecule has 1 atom stereocenters. The van der Waals surface area contributed by atoms with Crippen LogP contribution in [0, 0.1) is 0 Å². The largest absolute Gasteiger partial charge is 0.493 e. The molecule has 4 heterocycles. The van der Waals surface area contributed by atoms with Crippen LogP contribution < -0.4 is 9.64 Å². The fourth-order valence-electron chi connectivity index (χ4n) is 5.78. The number of rotatable bonds is 8. The van der Waals surface area contributed by atoms with E-state index in [1.807, 2.05) is 61.7 Å². The smallest absolute Gasteiger partial charge is 0.359 e. The number of benzene rings is 2. The molecule has 6 heteroatoms. The molecule has 0 fully saturated rings. The van der Waals surface area contributed by atoms with Crippen molar-refractivity contribution in [1.82, 2.24) is 9.38 Å². The quantitative estimate of drug-likeness (QED) is 0.214. The van der Waals surface area contributed by atoms with Crippen molar-refractivity contribution in [2.75, 3.05) is 24.6 Å². The number of carbonyl (C=O) groups excluding carboxylic acids is 1. The molecule has 0 spiro atoms. The highest BCUT2D eigenvalue weighted by atomic mass is 16.6. The van der Waals surface area contributed by atoms with Crippen molar-refractivity contribution in [1.29, 1.82) is 0 Å². The molecule has 0 aliphatic carbocycles. The highest BCUT2D eigenvalue weighted by Crippen LogP contribution is 2.53. The molecule has 39 heavy (non-hydrogen) atoms. The lowest BCUT2D eigenvalue weighted by Gasteiger charge is -2.33. The van der Waals surface area contributed by atoms with Crippen LogP contribution >= 0.6 is 0 Å². The van der Waals surface area contributed by atoms with E-state index in [0.717, 1.165) is 46.7 Å². The van der Waals surface area contributed by atoms with Gasteiger partial charge in [0.2, 0.25) is 5.60 Å². The van der Waals surface area contributed by atoms with Crippen molar-refractivity contribution >= 4 is 17.2 Å². The van der Waals surface area contributed by atoms with Crippen LogP contribution in [0.5, 0.6) is 5.75 Å². The number of nitrogens with zero attached hydrogens (tertiary/aromatic N) is 3. The Kier molecular flexibility index (Phi) is 6.31. The molecule has 0 saturated heterocycles.